The van der Waals surface area contributed by atoms with Gasteiger partial charge in [-0.05, 0) is 11.1 Å². The highest BCUT2D eigenvalue weighted by Gasteiger charge is 2.14. The van der Waals surface area contributed by atoms with Gasteiger partial charge in [0.15, 0.2) is 5.96 Å². The zero-order chi connectivity index (χ0) is 19.8. The highest BCUT2D eigenvalue weighted by atomic mass is 16.5. The van der Waals surface area contributed by atoms with Crippen molar-refractivity contribution in [2.75, 3.05) is 27.7 Å². The first-order chi connectivity index (χ1) is 13.7. The third-order valence-electron chi connectivity index (χ3n) is 4.57. The Bertz CT molecular complexity index is 876. The number of guanidine groups is 1. The van der Waals surface area contributed by atoms with Crippen molar-refractivity contribution >= 4 is 5.96 Å². The van der Waals surface area contributed by atoms with Gasteiger partial charge in [-0.3, -0.25) is 4.99 Å². The van der Waals surface area contributed by atoms with Crippen molar-refractivity contribution in [2.24, 2.45) is 4.99 Å². The van der Waals surface area contributed by atoms with E-state index in [9.17, 15) is 0 Å². The molecule has 2 N–H and O–H groups in total. The Morgan fingerprint density at radius 2 is 1.82 bits per heavy atom. The molecular formula is C22H27N5O. The average molecular weight is 377 g/mol. The maximum absolute atomic E-state index is 5.63. The summed E-state index contributed by atoms with van der Waals surface area (Å²) in [5.74, 6) is 1.67. The minimum atomic E-state index is -0.0420. The van der Waals surface area contributed by atoms with E-state index in [1.807, 2.05) is 54.5 Å². The van der Waals surface area contributed by atoms with Crippen LogP contribution in [0, 0.1) is 0 Å². The van der Waals surface area contributed by atoms with Crippen molar-refractivity contribution in [1.29, 1.82) is 0 Å². The Morgan fingerprint density at radius 3 is 2.46 bits per heavy atom. The van der Waals surface area contributed by atoms with Crippen molar-refractivity contribution in [1.82, 2.24) is 20.2 Å². The minimum Gasteiger partial charge on any atom is -0.375 e. The van der Waals surface area contributed by atoms with E-state index in [1.54, 1.807) is 14.2 Å². The van der Waals surface area contributed by atoms with E-state index >= 15 is 0 Å². The molecule has 0 amide bonds. The van der Waals surface area contributed by atoms with Crippen molar-refractivity contribution in [3.05, 3.63) is 78.2 Å². The smallest absolute Gasteiger partial charge is 0.193 e. The van der Waals surface area contributed by atoms with Gasteiger partial charge in [0, 0.05) is 27.7 Å². The van der Waals surface area contributed by atoms with E-state index in [0.29, 0.717) is 13.1 Å². The molecule has 0 aliphatic rings. The molecule has 1 heterocycles. The highest BCUT2D eigenvalue weighted by molar-refractivity contribution is 5.79. The van der Waals surface area contributed by atoms with Gasteiger partial charge in [-0.2, -0.15) is 0 Å². The molecule has 1 unspecified atom stereocenters. The SMILES string of the molecule is CN=C(NCC(OC)c1ccccc1)N(C)Cc1ncc(-c2ccccc2)[nH]1. The number of benzene rings is 2. The van der Waals surface area contributed by atoms with Crippen LogP contribution in [-0.4, -0.2) is 48.6 Å². The molecule has 1 atom stereocenters. The van der Waals surface area contributed by atoms with Gasteiger partial charge in [-0.15, -0.1) is 0 Å². The van der Waals surface area contributed by atoms with Gasteiger partial charge in [0.2, 0.25) is 0 Å². The van der Waals surface area contributed by atoms with Crippen LogP contribution < -0.4 is 5.32 Å². The lowest BCUT2D eigenvalue weighted by atomic mass is 10.1. The number of rotatable bonds is 7. The van der Waals surface area contributed by atoms with Gasteiger partial charge in [-0.1, -0.05) is 60.7 Å². The van der Waals surface area contributed by atoms with Crippen molar-refractivity contribution < 1.29 is 4.74 Å². The van der Waals surface area contributed by atoms with Gasteiger partial charge >= 0.3 is 0 Å². The molecule has 6 heteroatoms. The summed E-state index contributed by atoms with van der Waals surface area (Å²) in [6, 6.07) is 20.3. The number of imidazole rings is 1. The van der Waals surface area contributed by atoms with Crippen LogP contribution in [0.1, 0.15) is 17.5 Å². The second kappa shape index (κ2) is 9.71. The molecular weight excluding hydrogens is 350 g/mol. The second-order valence-corrected chi connectivity index (χ2v) is 6.53. The van der Waals surface area contributed by atoms with Gasteiger partial charge < -0.3 is 19.9 Å². The third-order valence-corrected chi connectivity index (χ3v) is 4.57. The van der Waals surface area contributed by atoms with Crippen molar-refractivity contribution in [3.8, 4) is 11.3 Å². The number of aromatic amines is 1. The van der Waals surface area contributed by atoms with Crippen LogP contribution in [0.15, 0.2) is 71.9 Å². The van der Waals surface area contributed by atoms with Crippen molar-refractivity contribution in [2.45, 2.75) is 12.6 Å². The molecule has 0 saturated carbocycles. The second-order valence-electron chi connectivity index (χ2n) is 6.53. The Labute approximate surface area is 166 Å². The van der Waals surface area contributed by atoms with Crippen LogP contribution >= 0.6 is 0 Å². The van der Waals surface area contributed by atoms with Gasteiger partial charge in [-0.25, -0.2) is 4.98 Å². The lowest BCUT2D eigenvalue weighted by Crippen LogP contribution is -2.40. The van der Waals surface area contributed by atoms with Gasteiger partial charge in [0.25, 0.3) is 0 Å². The molecule has 0 radical (unpaired) electrons. The summed E-state index contributed by atoms with van der Waals surface area (Å²) < 4.78 is 5.63. The number of ether oxygens (including phenoxy) is 1. The Balaban J connectivity index is 1.59. The summed E-state index contributed by atoms with van der Waals surface area (Å²) in [5, 5.41) is 3.39. The number of nitrogens with zero attached hydrogens (tertiary/aromatic N) is 3. The molecule has 28 heavy (non-hydrogen) atoms. The number of aliphatic imine (C=N–C) groups is 1. The standard InChI is InChI=1S/C22H27N5O/c1-23-22(25-15-20(28-3)18-12-8-5-9-13-18)27(2)16-21-24-14-19(26-21)17-10-6-4-7-11-17/h4-14,20H,15-16H2,1-3H3,(H,23,25)(H,24,26). The Hall–Kier alpha value is -3.12. The molecule has 2 aromatic carbocycles. The number of H-pyrrole nitrogens is 1. The molecule has 3 rings (SSSR count). The van der Waals surface area contributed by atoms with Crippen molar-refractivity contribution in [3.63, 3.8) is 0 Å². The van der Waals surface area contributed by atoms with E-state index < -0.39 is 0 Å². The summed E-state index contributed by atoms with van der Waals surface area (Å²) >= 11 is 0. The number of hydrogen-bond acceptors (Lipinski definition) is 3. The predicted molar refractivity (Wildman–Crippen MR) is 113 cm³/mol. The summed E-state index contributed by atoms with van der Waals surface area (Å²) in [5.41, 5.74) is 3.27. The topological polar surface area (TPSA) is 65.5 Å². The summed E-state index contributed by atoms with van der Waals surface area (Å²) in [6.07, 6.45) is 1.82. The van der Waals surface area contributed by atoms with Crippen LogP contribution in [0.5, 0.6) is 0 Å². The van der Waals surface area contributed by atoms with E-state index in [4.69, 9.17) is 4.74 Å². The maximum atomic E-state index is 5.63. The lowest BCUT2D eigenvalue weighted by Gasteiger charge is -2.23. The fourth-order valence-electron chi connectivity index (χ4n) is 3.08. The van der Waals surface area contributed by atoms with Crippen LogP contribution in [0.3, 0.4) is 0 Å². The first-order valence-corrected chi connectivity index (χ1v) is 9.30. The molecule has 0 saturated heterocycles. The zero-order valence-electron chi connectivity index (χ0n) is 16.6. The summed E-state index contributed by atoms with van der Waals surface area (Å²) in [4.78, 5) is 14.3. The molecule has 0 aliphatic carbocycles. The largest absolute Gasteiger partial charge is 0.375 e. The maximum Gasteiger partial charge on any atom is 0.193 e. The molecule has 1 aromatic heterocycles. The molecule has 146 valence electrons. The Kier molecular flexibility index (Phi) is 6.81. The van der Waals surface area contributed by atoms with Crippen LogP contribution in [0.4, 0.5) is 0 Å². The fraction of sp³-hybridized carbons (Fsp3) is 0.273. The van der Waals surface area contributed by atoms with Gasteiger partial charge in [0.05, 0.1) is 24.5 Å². The van der Waals surface area contributed by atoms with Gasteiger partial charge in [0.1, 0.15) is 5.82 Å². The van der Waals surface area contributed by atoms with Crippen LogP contribution in [-0.2, 0) is 11.3 Å². The minimum absolute atomic E-state index is 0.0420. The molecule has 0 bridgehead atoms. The van der Waals surface area contributed by atoms with E-state index in [-0.39, 0.29) is 6.10 Å². The average Bonchev–Trinajstić information content (AvgIpc) is 3.21. The van der Waals surface area contributed by atoms with Crippen LogP contribution in [0.25, 0.3) is 11.3 Å². The quantitative estimate of drug-likeness (QED) is 0.489. The van der Waals surface area contributed by atoms with E-state index in [2.05, 4.69) is 44.5 Å². The number of methoxy groups -OCH3 is 1. The molecule has 0 aliphatic heterocycles. The lowest BCUT2D eigenvalue weighted by molar-refractivity contribution is 0.106. The predicted octanol–water partition coefficient (Wildman–Crippen LogP) is 3.47. The first kappa shape index (κ1) is 19.6. The Morgan fingerprint density at radius 1 is 1.14 bits per heavy atom. The number of nitrogens with one attached hydrogen (secondary N) is 2. The number of aromatic nitrogens is 2. The number of hydrogen-bond donors (Lipinski definition) is 2. The highest BCUT2D eigenvalue weighted by Crippen LogP contribution is 2.17. The fourth-order valence-corrected chi connectivity index (χ4v) is 3.08. The van der Waals surface area contributed by atoms with E-state index in [0.717, 1.165) is 28.6 Å². The monoisotopic (exact) mass is 377 g/mol. The molecule has 6 nitrogen and oxygen atoms in total. The third kappa shape index (κ3) is 4.98. The summed E-state index contributed by atoms with van der Waals surface area (Å²) in [7, 11) is 5.49. The molecule has 0 spiro atoms. The first-order valence-electron chi connectivity index (χ1n) is 9.30. The normalized spacial score (nSPS) is 12.6. The summed E-state index contributed by atoms with van der Waals surface area (Å²) in [6.45, 7) is 1.25. The molecule has 0 fully saturated rings. The van der Waals surface area contributed by atoms with Crippen LogP contribution in [0.2, 0.25) is 0 Å². The zero-order valence-corrected chi connectivity index (χ0v) is 16.6. The van der Waals surface area contributed by atoms with E-state index in [1.165, 1.54) is 0 Å². The molecule has 3 aromatic rings.